The number of aliphatic hydroxyl groups is 1. The number of rotatable bonds is 10. The standard InChI is InChI=1S/C30H26O18/c31-7-12-1-2-14(42-12)27(34)45-18-8-38-24-20(10-39-22(18)24)47-29(36)16-5-6-17(44-16)30(37)48-21-11-41-23-19(9-40-25(21)23)46-28(35)15-4-3-13(43-15)26(32)33/h1-6,18-25,31H,7-11H2,(H,32,33)/t18-,19-,20+,21+,22?,23?,24?,25?/m0/s1. The van der Waals surface area contributed by atoms with Crippen molar-refractivity contribution in [2.45, 2.75) is 55.4 Å². The number of carboxylic acids is 1. The van der Waals surface area contributed by atoms with Crippen LogP contribution in [0.25, 0.3) is 0 Å². The number of hydrogen-bond donors (Lipinski definition) is 2. The van der Waals surface area contributed by atoms with E-state index in [1.165, 1.54) is 30.3 Å². The van der Waals surface area contributed by atoms with Gasteiger partial charge in [0, 0.05) is 0 Å². The van der Waals surface area contributed by atoms with Crippen molar-refractivity contribution in [3.05, 3.63) is 71.0 Å². The zero-order valence-electron chi connectivity index (χ0n) is 24.5. The first-order valence-corrected chi connectivity index (χ1v) is 14.6. The van der Waals surface area contributed by atoms with Crippen LogP contribution in [-0.2, 0) is 44.5 Å². The molecule has 4 unspecified atom stereocenters. The number of carbonyl (C=O) groups excluding carboxylic acids is 4. The molecule has 8 atom stereocenters. The SMILES string of the molecule is O=C(O)c1ccc(C(=O)O[C@H]2COC3C2OC[C@H]3OC(=O)c2ccc(C(=O)O[C@@H]3COC4C3OC[C@@H]4OC(=O)c3ccc(CO)o3)o2)o1. The Morgan fingerprint density at radius 2 is 0.833 bits per heavy atom. The molecule has 4 fully saturated rings. The van der Waals surface area contributed by atoms with Crippen molar-refractivity contribution in [1.29, 1.82) is 0 Å². The summed E-state index contributed by atoms with van der Waals surface area (Å²) in [5.74, 6) is -6.08. The van der Waals surface area contributed by atoms with Crippen LogP contribution in [0.4, 0.5) is 0 Å². The van der Waals surface area contributed by atoms with E-state index in [0.29, 0.717) is 0 Å². The number of aliphatic hydroxyl groups excluding tert-OH is 1. The third-order valence-corrected chi connectivity index (χ3v) is 8.00. The van der Waals surface area contributed by atoms with E-state index in [0.717, 1.165) is 6.07 Å². The summed E-state index contributed by atoms with van der Waals surface area (Å²) in [6, 6.07) is 7.56. The van der Waals surface area contributed by atoms with Gasteiger partial charge in [0.15, 0.2) is 24.4 Å². The topological polar surface area (TPSA) is 239 Å². The molecule has 4 aliphatic rings. The van der Waals surface area contributed by atoms with E-state index in [-0.39, 0.29) is 61.8 Å². The highest BCUT2D eigenvalue weighted by Crippen LogP contribution is 2.33. The number of hydrogen-bond acceptors (Lipinski definition) is 17. The zero-order chi connectivity index (χ0) is 33.5. The van der Waals surface area contributed by atoms with E-state index in [1.807, 2.05) is 0 Å². The molecule has 4 aliphatic heterocycles. The van der Waals surface area contributed by atoms with Crippen molar-refractivity contribution in [1.82, 2.24) is 0 Å². The lowest BCUT2D eigenvalue weighted by atomic mass is 10.1. The van der Waals surface area contributed by atoms with Gasteiger partial charge in [-0.15, -0.1) is 0 Å². The van der Waals surface area contributed by atoms with Gasteiger partial charge in [0.05, 0.1) is 26.4 Å². The Bertz CT molecular complexity index is 1710. The summed E-state index contributed by atoms with van der Waals surface area (Å²) < 4.78 is 60.0. The Hall–Kier alpha value is -5.01. The van der Waals surface area contributed by atoms with Crippen LogP contribution >= 0.6 is 0 Å². The molecule has 7 rings (SSSR count). The first-order valence-electron chi connectivity index (χ1n) is 14.6. The summed E-state index contributed by atoms with van der Waals surface area (Å²) >= 11 is 0. The van der Waals surface area contributed by atoms with Crippen molar-refractivity contribution in [2.75, 3.05) is 26.4 Å². The van der Waals surface area contributed by atoms with Crippen molar-refractivity contribution >= 4 is 29.8 Å². The summed E-state index contributed by atoms with van der Waals surface area (Å²) in [5.41, 5.74) is 0. The highest BCUT2D eigenvalue weighted by atomic mass is 16.7. The average Bonchev–Trinajstić information content (AvgIpc) is 3.92. The quantitative estimate of drug-likeness (QED) is 0.223. The van der Waals surface area contributed by atoms with Crippen LogP contribution in [0.3, 0.4) is 0 Å². The van der Waals surface area contributed by atoms with E-state index < -0.39 is 84.4 Å². The molecule has 0 spiro atoms. The maximum Gasteiger partial charge on any atom is 0.374 e. The second kappa shape index (κ2) is 12.9. The van der Waals surface area contributed by atoms with Crippen molar-refractivity contribution < 1.29 is 85.3 Å². The van der Waals surface area contributed by atoms with Crippen molar-refractivity contribution in [3.8, 4) is 0 Å². The molecule has 0 aliphatic carbocycles. The largest absolute Gasteiger partial charge is 0.475 e. The van der Waals surface area contributed by atoms with E-state index >= 15 is 0 Å². The lowest BCUT2D eigenvalue weighted by Crippen LogP contribution is -2.36. The number of carboxylic acid groups (broad SMARTS) is 1. The van der Waals surface area contributed by atoms with Gasteiger partial charge in [-0.05, 0) is 36.4 Å². The Morgan fingerprint density at radius 3 is 1.15 bits per heavy atom. The highest BCUT2D eigenvalue weighted by molar-refractivity contribution is 5.91. The molecule has 0 amide bonds. The molecule has 254 valence electrons. The van der Waals surface area contributed by atoms with E-state index in [9.17, 15) is 24.0 Å². The molecule has 7 heterocycles. The predicted octanol–water partition coefficient (Wildman–Crippen LogP) is 0.753. The average molecular weight is 675 g/mol. The molecular formula is C30H26O18. The monoisotopic (exact) mass is 674 g/mol. The molecule has 18 nitrogen and oxygen atoms in total. The van der Waals surface area contributed by atoms with Gasteiger partial charge in [-0.2, -0.15) is 0 Å². The van der Waals surface area contributed by atoms with Gasteiger partial charge in [0.25, 0.3) is 0 Å². The van der Waals surface area contributed by atoms with Crippen LogP contribution in [0, 0.1) is 0 Å². The number of aromatic carboxylic acids is 1. The van der Waals surface area contributed by atoms with Gasteiger partial charge < -0.3 is 61.4 Å². The third-order valence-electron chi connectivity index (χ3n) is 8.00. The minimum absolute atomic E-state index is 0.0172. The fourth-order valence-electron chi connectivity index (χ4n) is 5.74. The second-order valence-electron chi connectivity index (χ2n) is 11.0. The minimum atomic E-state index is -1.34. The van der Waals surface area contributed by atoms with Gasteiger partial charge in [0.2, 0.25) is 28.8 Å². The number of esters is 4. The molecule has 18 heteroatoms. The van der Waals surface area contributed by atoms with Gasteiger partial charge >= 0.3 is 29.8 Å². The van der Waals surface area contributed by atoms with Gasteiger partial charge in [-0.1, -0.05) is 0 Å². The van der Waals surface area contributed by atoms with Gasteiger partial charge in [-0.3, -0.25) is 0 Å². The van der Waals surface area contributed by atoms with Crippen LogP contribution in [-0.4, -0.2) is 115 Å². The second-order valence-corrected chi connectivity index (χ2v) is 11.0. The van der Waals surface area contributed by atoms with E-state index in [1.54, 1.807) is 0 Å². The van der Waals surface area contributed by atoms with Crippen LogP contribution in [0.2, 0.25) is 0 Å². The normalized spacial score (nSPS) is 28.9. The first kappa shape index (κ1) is 31.6. The highest BCUT2D eigenvalue weighted by Gasteiger charge is 2.53. The molecule has 0 aromatic carbocycles. The summed E-state index contributed by atoms with van der Waals surface area (Å²) in [5, 5.41) is 18.1. The fraction of sp³-hybridized carbons (Fsp3) is 0.433. The molecule has 48 heavy (non-hydrogen) atoms. The van der Waals surface area contributed by atoms with Crippen molar-refractivity contribution in [3.63, 3.8) is 0 Å². The first-order chi connectivity index (χ1) is 23.2. The smallest absolute Gasteiger partial charge is 0.374 e. The van der Waals surface area contributed by atoms with Crippen LogP contribution < -0.4 is 0 Å². The van der Waals surface area contributed by atoms with Gasteiger partial charge in [-0.25, -0.2) is 24.0 Å². The van der Waals surface area contributed by atoms with Crippen LogP contribution in [0.15, 0.2) is 49.6 Å². The summed E-state index contributed by atoms with van der Waals surface area (Å²) in [6.45, 7) is -0.601. The Labute approximate surface area is 268 Å². The predicted molar refractivity (Wildman–Crippen MR) is 145 cm³/mol. The lowest BCUT2D eigenvalue weighted by molar-refractivity contribution is -0.0316. The molecule has 3 aromatic rings. The van der Waals surface area contributed by atoms with Gasteiger partial charge in [0.1, 0.15) is 36.8 Å². The minimum Gasteiger partial charge on any atom is -0.475 e. The molecule has 2 N–H and O–H groups in total. The fourth-order valence-corrected chi connectivity index (χ4v) is 5.74. The van der Waals surface area contributed by atoms with Crippen LogP contribution in [0.1, 0.15) is 58.5 Å². The molecular weight excluding hydrogens is 648 g/mol. The molecule has 4 saturated heterocycles. The maximum absolute atomic E-state index is 12.8. The Balaban J connectivity index is 0.889. The number of carbonyl (C=O) groups is 5. The number of fused-ring (bicyclic) bond motifs is 2. The van der Waals surface area contributed by atoms with E-state index in [4.69, 9.17) is 61.4 Å². The number of ether oxygens (including phenoxy) is 8. The van der Waals surface area contributed by atoms with Crippen LogP contribution in [0.5, 0.6) is 0 Å². The number of furan rings is 3. The van der Waals surface area contributed by atoms with Crippen molar-refractivity contribution in [2.24, 2.45) is 0 Å². The zero-order valence-corrected chi connectivity index (χ0v) is 24.5. The third kappa shape index (κ3) is 6.06. The maximum atomic E-state index is 12.8. The molecule has 3 aromatic heterocycles. The summed E-state index contributed by atoms with van der Waals surface area (Å²) in [7, 11) is 0. The Morgan fingerprint density at radius 1 is 0.521 bits per heavy atom. The summed E-state index contributed by atoms with van der Waals surface area (Å²) in [6.07, 6.45) is -6.44. The molecule has 0 saturated carbocycles. The summed E-state index contributed by atoms with van der Waals surface area (Å²) in [4.78, 5) is 61.5. The lowest BCUT2D eigenvalue weighted by Gasteiger charge is -2.17. The molecule has 0 bridgehead atoms. The Kier molecular flexibility index (Phi) is 8.48. The van der Waals surface area contributed by atoms with E-state index in [2.05, 4.69) is 0 Å². The molecule has 0 radical (unpaired) electrons.